The Morgan fingerprint density at radius 3 is 2.35 bits per heavy atom. The molecule has 104 valence electrons. The normalized spacial score (nSPS) is 21.0. The van der Waals surface area contributed by atoms with Crippen molar-refractivity contribution in [3.8, 4) is 11.1 Å². The van der Waals surface area contributed by atoms with Crippen LogP contribution in [0.25, 0.3) is 11.1 Å². The van der Waals surface area contributed by atoms with E-state index in [4.69, 9.17) is 0 Å². The monoisotopic (exact) mass is 266 g/mol. The molecule has 0 aromatic heterocycles. The van der Waals surface area contributed by atoms with E-state index in [9.17, 15) is 5.11 Å². The molecule has 0 spiro atoms. The molecule has 1 heteroatoms. The van der Waals surface area contributed by atoms with E-state index < -0.39 is 5.60 Å². The van der Waals surface area contributed by atoms with Gasteiger partial charge in [0.25, 0.3) is 0 Å². The lowest BCUT2D eigenvalue weighted by atomic mass is 9.88. The van der Waals surface area contributed by atoms with E-state index in [1.807, 2.05) is 0 Å². The minimum atomic E-state index is -0.623. The SMILES string of the molecule is CCC1(O)CCc2c(-c3c(C)cccc3C)cccc21. The Labute approximate surface area is 121 Å². The third kappa shape index (κ3) is 1.89. The van der Waals surface area contributed by atoms with Gasteiger partial charge in [0.1, 0.15) is 0 Å². The molecule has 1 N–H and O–H groups in total. The molecular weight excluding hydrogens is 244 g/mol. The molecule has 2 aromatic rings. The van der Waals surface area contributed by atoms with Crippen LogP contribution in [-0.4, -0.2) is 5.11 Å². The van der Waals surface area contributed by atoms with Crippen LogP contribution >= 0.6 is 0 Å². The minimum Gasteiger partial charge on any atom is -0.385 e. The Bertz CT molecular complexity index is 637. The van der Waals surface area contributed by atoms with Gasteiger partial charge in [-0.15, -0.1) is 0 Å². The third-order valence-corrected chi connectivity index (χ3v) is 4.80. The second-order valence-corrected chi connectivity index (χ2v) is 5.98. The minimum absolute atomic E-state index is 0.623. The van der Waals surface area contributed by atoms with Gasteiger partial charge in [-0.2, -0.15) is 0 Å². The predicted molar refractivity (Wildman–Crippen MR) is 83.9 cm³/mol. The van der Waals surface area contributed by atoms with Crippen LogP contribution in [0.3, 0.4) is 0 Å². The standard InChI is InChI=1S/C19H22O/c1-4-19(20)12-11-15-16(9-6-10-17(15)19)18-13(2)7-5-8-14(18)3/h5-10,20H,4,11-12H2,1-3H3. The van der Waals surface area contributed by atoms with Crippen molar-refractivity contribution in [2.45, 2.75) is 45.6 Å². The molecule has 0 aliphatic heterocycles. The highest BCUT2D eigenvalue weighted by Crippen LogP contribution is 2.44. The fraction of sp³-hybridized carbons (Fsp3) is 0.368. The largest absolute Gasteiger partial charge is 0.385 e. The molecule has 1 aliphatic carbocycles. The second kappa shape index (κ2) is 4.75. The maximum Gasteiger partial charge on any atom is 0.0900 e. The molecule has 2 aromatic carbocycles. The molecule has 0 amide bonds. The van der Waals surface area contributed by atoms with Crippen LogP contribution in [-0.2, 0) is 12.0 Å². The molecule has 1 atom stereocenters. The van der Waals surface area contributed by atoms with Crippen LogP contribution in [0.2, 0.25) is 0 Å². The third-order valence-electron chi connectivity index (χ3n) is 4.80. The van der Waals surface area contributed by atoms with Crippen LogP contribution in [0.1, 0.15) is 42.0 Å². The summed E-state index contributed by atoms with van der Waals surface area (Å²) in [4.78, 5) is 0. The molecule has 1 unspecified atom stereocenters. The van der Waals surface area contributed by atoms with Crippen LogP contribution in [0.5, 0.6) is 0 Å². The van der Waals surface area contributed by atoms with Crippen molar-refractivity contribution >= 4 is 0 Å². The summed E-state index contributed by atoms with van der Waals surface area (Å²) in [6.45, 7) is 6.41. The zero-order valence-electron chi connectivity index (χ0n) is 12.5. The molecule has 0 bridgehead atoms. The maximum absolute atomic E-state index is 10.8. The molecule has 1 aliphatic rings. The topological polar surface area (TPSA) is 20.2 Å². The maximum atomic E-state index is 10.8. The van der Waals surface area contributed by atoms with Gasteiger partial charge in [-0.05, 0) is 66.5 Å². The van der Waals surface area contributed by atoms with E-state index in [0.717, 1.165) is 24.8 Å². The lowest BCUT2D eigenvalue weighted by molar-refractivity contribution is 0.0346. The number of fused-ring (bicyclic) bond motifs is 1. The average Bonchev–Trinajstić information content (AvgIpc) is 2.78. The van der Waals surface area contributed by atoms with Crippen LogP contribution in [0.15, 0.2) is 36.4 Å². The first kappa shape index (κ1) is 13.4. The van der Waals surface area contributed by atoms with Crippen molar-refractivity contribution in [1.82, 2.24) is 0 Å². The highest BCUT2D eigenvalue weighted by atomic mass is 16.3. The number of hydrogen-bond donors (Lipinski definition) is 1. The summed E-state index contributed by atoms with van der Waals surface area (Å²) in [7, 11) is 0. The van der Waals surface area contributed by atoms with Crippen molar-refractivity contribution in [3.05, 3.63) is 58.7 Å². The van der Waals surface area contributed by atoms with Crippen molar-refractivity contribution in [3.63, 3.8) is 0 Å². The lowest BCUT2D eigenvalue weighted by Crippen LogP contribution is -2.20. The van der Waals surface area contributed by atoms with Gasteiger partial charge in [0.2, 0.25) is 0 Å². The van der Waals surface area contributed by atoms with Gasteiger partial charge in [-0.25, -0.2) is 0 Å². The van der Waals surface area contributed by atoms with Gasteiger partial charge in [-0.3, -0.25) is 0 Å². The highest BCUT2D eigenvalue weighted by molar-refractivity contribution is 5.75. The van der Waals surface area contributed by atoms with Crippen LogP contribution < -0.4 is 0 Å². The van der Waals surface area contributed by atoms with E-state index in [1.165, 1.54) is 27.8 Å². The van der Waals surface area contributed by atoms with Gasteiger partial charge in [0.15, 0.2) is 0 Å². The van der Waals surface area contributed by atoms with Crippen molar-refractivity contribution in [2.75, 3.05) is 0 Å². The molecule has 20 heavy (non-hydrogen) atoms. The molecule has 0 radical (unpaired) electrons. The van der Waals surface area contributed by atoms with E-state index >= 15 is 0 Å². The fourth-order valence-corrected chi connectivity index (χ4v) is 3.60. The molecule has 0 saturated carbocycles. The van der Waals surface area contributed by atoms with E-state index in [1.54, 1.807) is 0 Å². The van der Waals surface area contributed by atoms with Gasteiger partial charge in [0, 0.05) is 0 Å². The van der Waals surface area contributed by atoms with E-state index in [2.05, 4.69) is 57.2 Å². The molecule has 0 heterocycles. The number of hydrogen-bond acceptors (Lipinski definition) is 1. The smallest absolute Gasteiger partial charge is 0.0900 e. The first-order valence-electron chi connectivity index (χ1n) is 7.48. The molecule has 0 fully saturated rings. The predicted octanol–water partition coefficient (Wildman–Crippen LogP) is 4.51. The zero-order chi connectivity index (χ0) is 14.3. The summed E-state index contributed by atoms with van der Waals surface area (Å²) in [5.74, 6) is 0. The van der Waals surface area contributed by atoms with Crippen molar-refractivity contribution < 1.29 is 5.11 Å². The number of aryl methyl sites for hydroxylation is 2. The summed E-state index contributed by atoms with van der Waals surface area (Å²) in [6, 6.07) is 12.8. The summed E-state index contributed by atoms with van der Waals surface area (Å²) >= 11 is 0. The quantitative estimate of drug-likeness (QED) is 0.847. The number of aliphatic hydroxyl groups is 1. The Balaban J connectivity index is 2.24. The lowest BCUT2D eigenvalue weighted by Gasteiger charge is -2.22. The summed E-state index contributed by atoms with van der Waals surface area (Å²) in [5.41, 5.74) is 7.12. The zero-order valence-corrected chi connectivity index (χ0v) is 12.5. The Kier molecular flexibility index (Phi) is 3.18. The molecule has 3 rings (SSSR count). The Morgan fingerprint density at radius 2 is 1.70 bits per heavy atom. The summed E-state index contributed by atoms with van der Waals surface area (Å²) < 4.78 is 0. The van der Waals surface area contributed by atoms with Crippen LogP contribution in [0, 0.1) is 13.8 Å². The molecule has 1 nitrogen and oxygen atoms in total. The van der Waals surface area contributed by atoms with E-state index in [-0.39, 0.29) is 0 Å². The van der Waals surface area contributed by atoms with Gasteiger partial charge in [-0.1, -0.05) is 43.3 Å². The Hall–Kier alpha value is -1.60. The number of benzene rings is 2. The summed E-state index contributed by atoms with van der Waals surface area (Å²) in [5, 5.41) is 10.8. The summed E-state index contributed by atoms with van der Waals surface area (Å²) in [6.07, 6.45) is 2.61. The van der Waals surface area contributed by atoms with E-state index in [0.29, 0.717) is 0 Å². The molecule has 0 saturated heterocycles. The van der Waals surface area contributed by atoms with Gasteiger partial charge < -0.3 is 5.11 Å². The first-order valence-corrected chi connectivity index (χ1v) is 7.48. The highest BCUT2D eigenvalue weighted by Gasteiger charge is 2.36. The van der Waals surface area contributed by atoms with Crippen molar-refractivity contribution in [2.24, 2.45) is 0 Å². The Morgan fingerprint density at radius 1 is 1.05 bits per heavy atom. The fourth-order valence-electron chi connectivity index (χ4n) is 3.60. The molecular formula is C19H22O. The average molecular weight is 266 g/mol. The second-order valence-electron chi connectivity index (χ2n) is 5.98. The van der Waals surface area contributed by atoms with Gasteiger partial charge in [0.05, 0.1) is 5.60 Å². The first-order chi connectivity index (χ1) is 9.57. The van der Waals surface area contributed by atoms with Crippen molar-refractivity contribution in [1.29, 1.82) is 0 Å². The van der Waals surface area contributed by atoms with Gasteiger partial charge >= 0.3 is 0 Å². The van der Waals surface area contributed by atoms with Crippen LogP contribution in [0.4, 0.5) is 0 Å². The number of rotatable bonds is 2.